The smallest absolute Gasteiger partial charge is 0.346 e. The molecule has 0 spiro atoms. The molecule has 0 radical (unpaired) electrons. The van der Waals surface area contributed by atoms with Crippen LogP contribution in [0, 0.1) is 0 Å². The van der Waals surface area contributed by atoms with Crippen LogP contribution in [0.1, 0.15) is 0 Å². The van der Waals surface area contributed by atoms with Crippen LogP contribution in [0.3, 0.4) is 0 Å². The molecule has 4 heterocycles. The molecular formula is C13H15N11O2. The van der Waals surface area contributed by atoms with E-state index in [-0.39, 0.29) is 0 Å². The fraction of sp³-hybridized carbons (Fsp3) is 0. The quantitative estimate of drug-likeness (QED) is 0.216. The standard InChI is InChI=1S/C5H5N5.2C4H5N3O/c6-4-3-5(9-1-7-3)10-2-8-4;2*5-3-1-2-6-4(8)7-3/h1-2H,(H3,6,7,8,9,10);2*1-2H,(H3,5,6,7,8). The molecule has 4 rings (SSSR count). The average molecular weight is 357 g/mol. The minimum atomic E-state index is -0.412. The molecule has 0 amide bonds. The number of fused-ring (bicyclic) bond motifs is 1. The summed E-state index contributed by atoms with van der Waals surface area (Å²) in [6, 6.07) is 3.03. The molecule has 0 bridgehead atoms. The van der Waals surface area contributed by atoms with E-state index in [2.05, 4.69) is 39.9 Å². The fourth-order valence-electron chi connectivity index (χ4n) is 1.55. The normalized spacial score (nSPS) is 9.54. The largest absolute Gasteiger partial charge is 0.385 e. The van der Waals surface area contributed by atoms with E-state index in [4.69, 9.17) is 17.2 Å². The van der Waals surface area contributed by atoms with Crippen LogP contribution in [0.15, 0.2) is 46.8 Å². The zero-order chi connectivity index (χ0) is 18.9. The van der Waals surface area contributed by atoms with Crippen molar-refractivity contribution in [2.24, 2.45) is 0 Å². The maximum absolute atomic E-state index is 10.2. The molecule has 4 aromatic heterocycles. The molecule has 9 N–H and O–H groups in total. The highest BCUT2D eigenvalue weighted by atomic mass is 16.1. The Morgan fingerprint density at radius 1 is 0.769 bits per heavy atom. The summed E-state index contributed by atoms with van der Waals surface area (Å²) in [5.41, 5.74) is 16.3. The first-order valence-corrected chi connectivity index (χ1v) is 6.97. The van der Waals surface area contributed by atoms with E-state index in [1.54, 1.807) is 0 Å². The highest BCUT2D eigenvalue weighted by molar-refractivity contribution is 5.80. The Hall–Kier alpha value is -4.29. The van der Waals surface area contributed by atoms with Crippen LogP contribution in [0.2, 0.25) is 0 Å². The van der Waals surface area contributed by atoms with Crippen molar-refractivity contribution in [1.29, 1.82) is 0 Å². The van der Waals surface area contributed by atoms with Gasteiger partial charge in [0, 0.05) is 12.4 Å². The molecule has 0 saturated carbocycles. The first kappa shape index (κ1) is 18.1. The Bertz CT molecular complexity index is 1030. The van der Waals surface area contributed by atoms with Crippen LogP contribution in [-0.4, -0.2) is 39.9 Å². The number of aromatic nitrogens is 8. The predicted molar refractivity (Wildman–Crippen MR) is 94.6 cm³/mol. The number of hydrogen-bond donors (Lipinski definition) is 6. The first-order chi connectivity index (χ1) is 12.5. The zero-order valence-electron chi connectivity index (χ0n) is 13.2. The van der Waals surface area contributed by atoms with Crippen LogP contribution >= 0.6 is 0 Å². The zero-order valence-corrected chi connectivity index (χ0v) is 13.2. The third kappa shape index (κ3) is 5.41. The predicted octanol–water partition coefficient (Wildman–Crippen LogP) is -1.36. The number of nitrogens with two attached hydrogens (primary N) is 3. The lowest BCUT2D eigenvalue weighted by molar-refractivity contribution is 1.08. The van der Waals surface area contributed by atoms with Crippen molar-refractivity contribution in [3.05, 3.63) is 58.1 Å². The molecule has 0 fully saturated rings. The third-order valence-corrected chi connectivity index (χ3v) is 2.65. The van der Waals surface area contributed by atoms with Crippen molar-refractivity contribution >= 4 is 28.6 Å². The van der Waals surface area contributed by atoms with Gasteiger partial charge in [0.25, 0.3) is 0 Å². The van der Waals surface area contributed by atoms with Crippen molar-refractivity contribution in [2.75, 3.05) is 17.2 Å². The summed E-state index contributed by atoms with van der Waals surface area (Å²) >= 11 is 0. The minimum absolute atomic E-state index is 0.338. The van der Waals surface area contributed by atoms with E-state index in [1.165, 1.54) is 37.2 Å². The molecule has 0 aliphatic rings. The molecule has 13 nitrogen and oxygen atoms in total. The highest BCUT2D eigenvalue weighted by Crippen LogP contribution is 2.09. The summed E-state index contributed by atoms with van der Waals surface area (Å²) in [5.74, 6) is 1.11. The summed E-state index contributed by atoms with van der Waals surface area (Å²) in [5, 5.41) is 0. The van der Waals surface area contributed by atoms with E-state index in [9.17, 15) is 9.59 Å². The minimum Gasteiger partial charge on any atom is -0.385 e. The summed E-state index contributed by atoms with van der Waals surface area (Å²) in [6.45, 7) is 0. The van der Waals surface area contributed by atoms with Gasteiger partial charge in [0.2, 0.25) is 0 Å². The van der Waals surface area contributed by atoms with Crippen LogP contribution < -0.4 is 28.6 Å². The lowest BCUT2D eigenvalue weighted by Crippen LogP contribution is -2.10. The fourth-order valence-corrected chi connectivity index (χ4v) is 1.55. The summed E-state index contributed by atoms with van der Waals surface area (Å²) < 4.78 is 0. The van der Waals surface area contributed by atoms with Crippen molar-refractivity contribution in [2.45, 2.75) is 0 Å². The number of hydrogen-bond acceptors (Lipinski definition) is 10. The molecule has 0 atom stereocenters. The molecule has 0 aromatic carbocycles. The molecule has 0 saturated heterocycles. The van der Waals surface area contributed by atoms with E-state index in [0.29, 0.717) is 28.6 Å². The monoisotopic (exact) mass is 357 g/mol. The number of nitrogen functional groups attached to an aromatic ring is 3. The number of aromatic amines is 3. The van der Waals surface area contributed by atoms with Crippen molar-refractivity contribution in [3.63, 3.8) is 0 Å². The lowest BCUT2D eigenvalue weighted by atomic mass is 10.5. The van der Waals surface area contributed by atoms with E-state index in [0.717, 1.165) is 0 Å². The van der Waals surface area contributed by atoms with Crippen LogP contribution in [-0.2, 0) is 0 Å². The Kier molecular flexibility index (Phi) is 5.92. The Labute approximate surface area is 144 Å². The highest BCUT2D eigenvalue weighted by Gasteiger charge is 1.99. The van der Waals surface area contributed by atoms with Gasteiger partial charge in [-0.3, -0.25) is 9.97 Å². The van der Waals surface area contributed by atoms with Gasteiger partial charge in [-0.2, -0.15) is 0 Å². The van der Waals surface area contributed by atoms with Crippen LogP contribution in [0.5, 0.6) is 0 Å². The van der Waals surface area contributed by atoms with Crippen LogP contribution in [0.25, 0.3) is 11.2 Å². The number of rotatable bonds is 0. The van der Waals surface area contributed by atoms with Gasteiger partial charge < -0.3 is 22.2 Å². The van der Waals surface area contributed by atoms with Gasteiger partial charge in [0.05, 0.1) is 6.33 Å². The van der Waals surface area contributed by atoms with Crippen molar-refractivity contribution in [1.82, 2.24) is 39.9 Å². The molecule has 4 aromatic rings. The molecular weight excluding hydrogens is 342 g/mol. The second-order valence-electron chi connectivity index (χ2n) is 4.52. The third-order valence-electron chi connectivity index (χ3n) is 2.65. The summed E-state index contributed by atoms with van der Waals surface area (Å²) in [7, 11) is 0. The summed E-state index contributed by atoms with van der Waals surface area (Å²) in [4.78, 5) is 46.1. The van der Waals surface area contributed by atoms with Gasteiger partial charge in [0.15, 0.2) is 11.5 Å². The number of anilines is 3. The van der Waals surface area contributed by atoms with Crippen molar-refractivity contribution in [3.8, 4) is 0 Å². The number of H-pyrrole nitrogens is 3. The molecule has 134 valence electrons. The van der Waals surface area contributed by atoms with Gasteiger partial charge in [0.1, 0.15) is 23.5 Å². The SMILES string of the molecule is Nc1ccnc(=O)[nH]1.Nc1ccnc(=O)[nH]1.Nc1ncnc2nc[nH]c12. The van der Waals surface area contributed by atoms with Gasteiger partial charge in [-0.1, -0.05) is 0 Å². The topological polar surface area (TPSA) is 224 Å². The maximum atomic E-state index is 10.2. The number of imidazole rings is 1. The van der Waals surface area contributed by atoms with Gasteiger partial charge in [-0.15, -0.1) is 0 Å². The Morgan fingerprint density at radius 2 is 1.35 bits per heavy atom. The number of nitrogens with one attached hydrogen (secondary N) is 3. The Balaban J connectivity index is 0.000000142. The van der Waals surface area contributed by atoms with E-state index < -0.39 is 11.4 Å². The lowest BCUT2D eigenvalue weighted by Gasteiger charge is -1.89. The molecule has 0 aliphatic carbocycles. The van der Waals surface area contributed by atoms with Crippen molar-refractivity contribution < 1.29 is 0 Å². The second kappa shape index (κ2) is 8.53. The second-order valence-corrected chi connectivity index (χ2v) is 4.52. The number of nitrogens with zero attached hydrogens (tertiary/aromatic N) is 5. The van der Waals surface area contributed by atoms with Gasteiger partial charge in [-0.25, -0.2) is 34.5 Å². The molecule has 13 heteroatoms. The van der Waals surface area contributed by atoms with Gasteiger partial charge >= 0.3 is 11.4 Å². The molecule has 26 heavy (non-hydrogen) atoms. The van der Waals surface area contributed by atoms with Crippen LogP contribution in [0.4, 0.5) is 17.5 Å². The molecule has 0 aliphatic heterocycles. The van der Waals surface area contributed by atoms with Gasteiger partial charge in [-0.05, 0) is 12.1 Å². The Morgan fingerprint density at radius 3 is 1.77 bits per heavy atom. The maximum Gasteiger partial charge on any atom is 0.346 e. The average Bonchev–Trinajstić information content (AvgIpc) is 3.06. The van der Waals surface area contributed by atoms with E-state index >= 15 is 0 Å². The first-order valence-electron chi connectivity index (χ1n) is 6.97. The molecule has 0 unspecified atom stereocenters. The van der Waals surface area contributed by atoms with E-state index in [1.807, 2.05) is 0 Å². The summed E-state index contributed by atoms with van der Waals surface area (Å²) in [6.07, 6.45) is 5.64.